The lowest BCUT2D eigenvalue weighted by Crippen LogP contribution is -2.29. The van der Waals surface area contributed by atoms with E-state index in [1.807, 2.05) is 6.07 Å². The zero-order valence-electron chi connectivity index (χ0n) is 12.6. The summed E-state index contributed by atoms with van der Waals surface area (Å²) in [6, 6.07) is 6.64. The molecule has 0 spiro atoms. The van der Waals surface area contributed by atoms with E-state index >= 15 is 0 Å². The molecule has 1 aromatic carbocycles. The Morgan fingerprint density at radius 3 is 2.76 bits per heavy atom. The summed E-state index contributed by atoms with van der Waals surface area (Å²) in [7, 11) is 3.54. The van der Waals surface area contributed by atoms with Gasteiger partial charge >= 0.3 is 0 Å². The maximum Gasteiger partial charge on any atom is 0.255 e. The molecule has 2 fully saturated rings. The van der Waals surface area contributed by atoms with Crippen LogP contribution in [0.5, 0.6) is 0 Å². The van der Waals surface area contributed by atoms with E-state index in [1.165, 1.54) is 12.8 Å². The van der Waals surface area contributed by atoms with Crippen molar-refractivity contribution in [1.29, 1.82) is 0 Å². The quantitative estimate of drug-likeness (QED) is 0.929. The molecule has 1 N–H and O–H groups in total. The van der Waals surface area contributed by atoms with E-state index in [4.69, 9.17) is 11.6 Å². The van der Waals surface area contributed by atoms with Gasteiger partial charge in [-0.25, -0.2) is 0 Å². The Bertz CT molecular complexity index is 542. The number of benzene rings is 1. The van der Waals surface area contributed by atoms with Gasteiger partial charge < -0.3 is 10.2 Å². The Balaban J connectivity index is 1.74. The average Bonchev–Trinajstić information content (AvgIpc) is 3.19. The normalized spacial score (nSPS) is 22.3. The molecule has 114 valence electrons. The van der Waals surface area contributed by atoms with Gasteiger partial charge in [0.05, 0.1) is 5.56 Å². The number of amides is 1. The number of nitrogens with one attached hydrogen (secondary N) is 1. The number of carbonyl (C=O) groups is 1. The highest BCUT2D eigenvalue weighted by atomic mass is 35.5. The molecule has 2 aliphatic rings. The van der Waals surface area contributed by atoms with Crippen LogP contribution in [0.4, 0.5) is 5.69 Å². The first-order valence-electron chi connectivity index (χ1n) is 7.56. The van der Waals surface area contributed by atoms with E-state index in [9.17, 15) is 4.79 Å². The fourth-order valence-electron chi connectivity index (χ4n) is 2.96. The minimum Gasteiger partial charge on any atom is -0.380 e. The Hall–Kier alpha value is -1.26. The minimum absolute atomic E-state index is 0.00575. The van der Waals surface area contributed by atoms with E-state index in [0.717, 1.165) is 31.2 Å². The third-order valence-corrected chi connectivity index (χ3v) is 4.50. The second kappa shape index (κ2) is 5.85. The molecule has 1 aromatic rings. The van der Waals surface area contributed by atoms with Crippen molar-refractivity contribution in [1.82, 2.24) is 9.80 Å². The molecule has 21 heavy (non-hydrogen) atoms. The van der Waals surface area contributed by atoms with Crippen LogP contribution in [-0.4, -0.2) is 55.0 Å². The molecule has 4 nitrogen and oxygen atoms in total. The summed E-state index contributed by atoms with van der Waals surface area (Å²) in [4.78, 5) is 16.4. The summed E-state index contributed by atoms with van der Waals surface area (Å²) in [5.41, 5.74) is 1.54. The molecule has 1 unspecified atom stereocenters. The highest BCUT2D eigenvalue weighted by Crippen LogP contribution is 2.31. The summed E-state index contributed by atoms with van der Waals surface area (Å²) in [6.07, 6.45) is 3.81. The van der Waals surface area contributed by atoms with Gasteiger partial charge in [0.1, 0.15) is 0 Å². The number of likely N-dealkylation sites (tertiary alicyclic amines) is 1. The maximum absolute atomic E-state index is 12.3. The first-order chi connectivity index (χ1) is 10.0. The molecule has 0 aromatic heterocycles. The second-order valence-electron chi connectivity index (χ2n) is 6.25. The van der Waals surface area contributed by atoms with Crippen molar-refractivity contribution in [3.05, 3.63) is 28.8 Å². The smallest absolute Gasteiger partial charge is 0.255 e. The Kier molecular flexibility index (Phi) is 4.09. The Morgan fingerprint density at radius 2 is 2.10 bits per heavy atom. The Morgan fingerprint density at radius 1 is 1.33 bits per heavy atom. The predicted octanol–water partition coefficient (Wildman–Crippen LogP) is 2.69. The molecule has 0 radical (unpaired) electrons. The van der Waals surface area contributed by atoms with E-state index in [0.29, 0.717) is 16.6 Å². The largest absolute Gasteiger partial charge is 0.380 e. The number of hydrogen-bond acceptors (Lipinski definition) is 3. The van der Waals surface area contributed by atoms with Gasteiger partial charge in [-0.15, -0.1) is 0 Å². The molecule has 1 saturated heterocycles. The molecule has 1 saturated carbocycles. The van der Waals surface area contributed by atoms with Crippen LogP contribution in [0.15, 0.2) is 18.2 Å². The zero-order valence-corrected chi connectivity index (χ0v) is 13.4. The van der Waals surface area contributed by atoms with Gasteiger partial charge in [0, 0.05) is 50.0 Å². The fourth-order valence-corrected chi connectivity index (χ4v) is 3.13. The van der Waals surface area contributed by atoms with Gasteiger partial charge in [0.25, 0.3) is 5.91 Å². The van der Waals surface area contributed by atoms with E-state index < -0.39 is 0 Å². The summed E-state index contributed by atoms with van der Waals surface area (Å²) < 4.78 is 0. The lowest BCUT2D eigenvalue weighted by atomic mass is 10.1. The summed E-state index contributed by atoms with van der Waals surface area (Å²) in [5.74, 6) is 0.00575. The topological polar surface area (TPSA) is 35.6 Å². The minimum atomic E-state index is 0.00575. The highest BCUT2D eigenvalue weighted by Gasteiger charge is 2.34. The molecule has 0 bridgehead atoms. The van der Waals surface area contributed by atoms with Gasteiger partial charge in [-0.05, 0) is 37.5 Å². The predicted molar refractivity (Wildman–Crippen MR) is 86.1 cm³/mol. The average molecular weight is 308 g/mol. The van der Waals surface area contributed by atoms with Crippen molar-refractivity contribution in [3.63, 3.8) is 0 Å². The van der Waals surface area contributed by atoms with Gasteiger partial charge in [-0.2, -0.15) is 0 Å². The van der Waals surface area contributed by atoms with Crippen molar-refractivity contribution >= 4 is 23.2 Å². The van der Waals surface area contributed by atoms with Crippen molar-refractivity contribution in [2.75, 3.05) is 32.5 Å². The van der Waals surface area contributed by atoms with Crippen molar-refractivity contribution in [2.24, 2.45) is 0 Å². The molecule has 1 atom stereocenters. The van der Waals surface area contributed by atoms with E-state index in [1.54, 1.807) is 31.1 Å². The standard InChI is InChI=1S/C16H22ClN3O/c1-19(2)16(21)14-6-3-11(17)9-15(14)18-12-7-8-20(10-12)13-4-5-13/h3,6,9,12-13,18H,4-5,7-8,10H2,1-2H3. The number of rotatable bonds is 4. The van der Waals surface area contributed by atoms with Gasteiger partial charge in [0.2, 0.25) is 0 Å². The molecule has 1 aliphatic carbocycles. The van der Waals surface area contributed by atoms with Gasteiger partial charge in [-0.3, -0.25) is 9.69 Å². The van der Waals surface area contributed by atoms with Crippen molar-refractivity contribution < 1.29 is 4.79 Å². The number of carbonyl (C=O) groups excluding carboxylic acids is 1. The van der Waals surface area contributed by atoms with Crippen LogP contribution < -0.4 is 5.32 Å². The first kappa shape index (κ1) is 14.7. The van der Waals surface area contributed by atoms with Crippen LogP contribution in [0, 0.1) is 0 Å². The highest BCUT2D eigenvalue weighted by molar-refractivity contribution is 6.31. The molecule has 1 aliphatic heterocycles. The van der Waals surface area contributed by atoms with Crippen LogP contribution in [0.2, 0.25) is 5.02 Å². The number of halogens is 1. The van der Waals surface area contributed by atoms with Crippen LogP contribution >= 0.6 is 11.6 Å². The lowest BCUT2D eigenvalue weighted by molar-refractivity contribution is 0.0828. The van der Waals surface area contributed by atoms with Crippen LogP contribution in [0.3, 0.4) is 0 Å². The molecule has 1 heterocycles. The maximum atomic E-state index is 12.3. The fraction of sp³-hybridized carbons (Fsp3) is 0.562. The lowest BCUT2D eigenvalue weighted by Gasteiger charge is -2.20. The molecule has 3 rings (SSSR count). The van der Waals surface area contributed by atoms with Gasteiger partial charge in [0.15, 0.2) is 0 Å². The second-order valence-corrected chi connectivity index (χ2v) is 6.68. The van der Waals surface area contributed by atoms with Crippen molar-refractivity contribution in [3.8, 4) is 0 Å². The van der Waals surface area contributed by atoms with Crippen LogP contribution in [0.1, 0.15) is 29.6 Å². The first-order valence-corrected chi connectivity index (χ1v) is 7.94. The molecule has 5 heteroatoms. The third-order valence-electron chi connectivity index (χ3n) is 4.26. The summed E-state index contributed by atoms with van der Waals surface area (Å²) >= 11 is 6.10. The molecular weight excluding hydrogens is 286 g/mol. The van der Waals surface area contributed by atoms with Crippen LogP contribution in [-0.2, 0) is 0 Å². The molecule has 1 amide bonds. The number of hydrogen-bond donors (Lipinski definition) is 1. The van der Waals surface area contributed by atoms with E-state index in [-0.39, 0.29) is 5.91 Å². The summed E-state index contributed by atoms with van der Waals surface area (Å²) in [5, 5.41) is 4.18. The number of nitrogens with zero attached hydrogens (tertiary/aromatic N) is 2. The third kappa shape index (κ3) is 3.33. The SMILES string of the molecule is CN(C)C(=O)c1ccc(Cl)cc1NC1CCN(C2CC2)C1. The molecular formula is C16H22ClN3O. The monoisotopic (exact) mass is 307 g/mol. The van der Waals surface area contributed by atoms with E-state index in [2.05, 4.69) is 10.2 Å². The Labute approximate surface area is 131 Å². The van der Waals surface area contributed by atoms with Crippen molar-refractivity contribution in [2.45, 2.75) is 31.3 Å². The number of anilines is 1. The van der Waals surface area contributed by atoms with Crippen LogP contribution in [0.25, 0.3) is 0 Å². The van der Waals surface area contributed by atoms with Gasteiger partial charge in [-0.1, -0.05) is 11.6 Å². The summed E-state index contributed by atoms with van der Waals surface area (Å²) in [6.45, 7) is 2.21. The zero-order chi connectivity index (χ0) is 15.0.